The van der Waals surface area contributed by atoms with Gasteiger partial charge in [-0.3, -0.25) is 0 Å². The van der Waals surface area contributed by atoms with Crippen molar-refractivity contribution in [3.05, 3.63) is 84.9 Å². The molecule has 0 aliphatic carbocycles. The van der Waals surface area contributed by atoms with Gasteiger partial charge in [0.05, 0.1) is 19.6 Å². The average Bonchev–Trinajstić information content (AvgIpc) is 3.09. The van der Waals surface area contributed by atoms with E-state index in [1.54, 1.807) is 0 Å². The van der Waals surface area contributed by atoms with Gasteiger partial charge in [0.25, 0.3) is 0 Å². The fraction of sp³-hybridized carbons (Fsp3) is 0. The Morgan fingerprint density at radius 1 is 0.400 bits per heavy atom. The average molecular weight is 935 g/mol. The predicted octanol–water partition coefficient (Wildman–Crippen LogP) is -7.05. The number of benzene rings is 6. The van der Waals surface area contributed by atoms with Gasteiger partial charge in [-0.25, -0.2) is 33.7 Å². The van der Waals surface area contributed by atoms with Crippen molar-refractivity contribution in [1.29, 1.82) is 0 Å². The van der Waals surface area contributed by atoms with Crippen LogP contribution in [0.3, 0.4) is 0 Å². The summed E-state index contributed by atoms with van der Waals surface area (Å²) in [6.45, 7) is 0. The van der Waals surface area contributed by atoms with E-state index in [4.69, 9.17) is 0 Å². The Morgan fingerprint density at radius 2 is 0.733 bits per heavy atom. The van der Waals surface area contributed by atoms with Gasteiger partial charge in [-0.05, 0) is 82.6 Å². The van der Waals surface area contributed by atoms with Crippen molar-refractivity contribution in [2.45, 2.75) is 19.6 Å². The third-order valence-electron chi connectivity index (χ3n) is 7.96. The summed E-state index contributed by atoms with van der Waals surface area (Å²) in [6, 6.07) is 14.1. The van der Waals surface area contributed by atoms with Crippen molar-refractivity contribution in [3.63, 3.8) is 0 Å². The molecule has 6 aromatic carbocycles. The van der Waals surface area contributed by atoms with Crippen molar-refractivity contribution in [1.82, 2.24) is 0 Å². The van der Waals surface area contributed by atoms with Crippen LogP contribution >= 0.6 is 0 Å². The van der Waals surface area contributed by atoms with E-state index < -0.39 is 94.4 Å². The van der Waals surface area contributed by atoms with Crippen molar-refractivity contribution in [2.24, 2.45) is 20.5 Å². The number of hydrogen-bond donors (Lipinski definition) is 4. The molecule has 6 rings (SSSR count). The summed E-state index contributed by atoms with van der Waals surface area (Å²) < 4.78 is 140. The third kappa shape index (κ3) is 11.7. The number of rotatable bonds is 9. The Balaban J connectivity index is 0.00000310. The fourth-order valence-electron chi connectivity index (χ4n) is 5.34. The monoisotopic (exact) mass is 934 g/mol. The van der Waals surface area contributed by atoms with Crippen LogP contribution in [-0.2, 0) is 40.5 Å². The minimum absolute atomic E-state index is 0. The van der Waals surface area contributed by atoms with Crippen molar-refractivity contribution in [2.75, 3.05) is 0 Å². The zero-order valence-corrected chi connectivity index (χ0v) is 42.5. The zero-order chi connectivity index (χ0) is 41.1. The van der Waals surface area contributed by atoms with Gasteiger partial charge >= 0.3 is 118 Å². The van der Waals surface area contributed by atoms with Crippen LogP contribution in [0.4, 0.5) is 22.7 Å². The number of aromatic hydroxyl groups is 4. The first-order chi connectivity index (χ1) is 25.9. The molecule has 60 heavy (non-hydrogen) atoms. The quantitative estimate of drug-likeness (QED) is 0.0595. The van der Waals surface area contributed by atoms with E-state index in [-0.39, 0.29) is 162 Å². The minimum atomic E-state index is -5.36. The molecule has 6 aromatic rings. The molecule has 4 N–H and O–H groups in total. The van der Waals surface area contributed by atoms with Gasteiger partial charge in [-0.2, -0.15) is 0 Å². The van der Waals surface area contributed by atoms with Crippen molar-refractivity contribution < 1.29 is 191 Å². The molecule has 0 saturated carbocycles. The number of phenols is 4. The summed E-state index contributed by atoms with van der Waals surface area (Å²) in [7, 11) is -20.7. The number of azo groups is 2. The van der Waals surface area contributed by atoms with E-state index in [2.05, 4.69) is 20.5 Å². The standard InChI is InChI=1S/C32H22N4O16S4.4Na/c37-25-11-15(1-7-23(25)33-35-29-21-5-3-19(53(41,42)43)9-17(21)13-27(31(29)39)55(47,48)49)16-2-8-24(26(38)12-16)34-36-30-22-6-4-20(54(44,45)46)10-18(22)14-28(32(30)40)56(50,51)52;;;;/h1-14,37-40H,(H,41,42,43)(H,44,45,46)(H,47,48,49)(H,50,51,52);;;;/q;4*+1/p-4. The normalized spacial score (nSPS) is 12.1. The van der Waals surface area contributed by atoms with E-state index in [9.17, 15) is 72.3 Å². The van der Waals surface area contributed by atoms with Crippen LogP contribution in [0.1, 0.15) is 0 Å². The maximum atomic E-state index is 11.8. The number of nitrogens with zero attached hydrogens (tertiary/aromatic N) is 4. The van der Waals surface area contributed by atoms with E-state index in [1.165, 1.54) is 24.3 Å². The number of phenolic OH excluding ortho intramolecular Hbond substituents is 4. The van der Waals surface area contributed by atoms with E-state index in [0.29, 0.717) is 12.1 Å². The molecule has 0 aliphatic rings. The molecule has 28 heteroatoms. The fourth-order valence-corrected chi connectivity index (χ4v) is 7.56. The largest absolute Gasteiger partial charge is 1.00 e. The van der Waals surface area contributed by atoms with Crippen LogP contribution in [-0.4, -0.2) is 72.3 Å². The molecule has 0 unspecified atom stereocenters. The molecule has 0 bridgehead atoms. The maximum Gasteiger partial charge on any atom is 1.00 e. The van der Waals surface area contributed by atoms with Crippen LogP contribution in [0.2, 0.25) is 0 Å². The van der Waals surface area contributed by atoms with Gasteiger partial charge in [0.15, 0.2) is 11.5 Å². The Bertz CT molecular complexity index is 2990. The smallest absolute Gasteiger partial charge is 0.744 e. The summed E-state index contributed by atoms with van der Waals surface area (Å²) in [5, 5.41) is 57.0. The molecular weight excluding hydrogens is 917 g/mol. The van der Waals surface area contributed by atoms with Gasteiger partial charge in [0, 0.05) is 10.8 Å². The molecule has 0 atom stereocenters. The number of fused-ring (bicyclic) bond motifs is 2. The number of hydrogen-bond acceptors (Lipinski definition) is 20. The van der Waals surface area contributed by atoms with E-state index in [1.807, 2.05) is 0 Å². The van der Waals surface area contributed by atoms with Gasteiger partial charge in [-0.15, -0.1) is 20.5 Å². The van der Waals surface area contributed by atoms with Crippen LogP contribution < -0.4 is 118 Å². The van der Waals surface area contributed by atoms with E-state index >= 15 is 0 Å². The summed E-state index contributed by atoms with van der Waals surface area (Å²) in [5.74, 6) is -3.38. The Hall–Kier alpha value is -2.12. The zero-order valence-electron chi connectivity index (χ0n) is 31.2. The third-order valence-corrected chi connectivity index (χ3v) is 11.3. The van der Waals surface area contributed by atoms with Crippen LogP contribution in [0, 0.1) is 0 Å². The molecule has 0 radical (unpaired) electrons. The SMILES string of the molecule is O=S(=O)([O-])c1ccc2c(N=Nc3ccc(-c4ccc(N=Nc5c(O)c(S(=O)(=O)[O-])cc6cc(S(=O)(=O)[O-])ccc56)c(O)c4)cc3O)c(O)c(S(=O)(=O)[O-])cc2c1.[Na+].[Na+].[Na+].[Na+]. The summed E-state index contributed by atoms with van der Waals surface area (Å²) in [6.07, 6.45) is 0. The summed E-state index contributed by atoms with van der Waals surface area (Å²) in [5.41, 5.74) is -1.26. The molecule has 0 amide bonds. The van der Waals surface area contributed by atoms with E-state index in [0.717, 1.165) is 48.5 Å². The van der Waals surface area contributed by atoms with Crippen LogP contribution in [0.5, 0.6) is 23.0 Å². The minimum Gasteiger partial charge on any atom is -0.744 e. The van der Waals surface area contributed by atoms with Gasteiger partial charge in [0.1, 0.15) is 74.7 Å². The second-order valence-corrected chi connectivity index (χ2v) is 17.0. The molecular formula is C32H18N4Na4O16S4. The molecule has 290 valence electrons. The Labute approximate surface area is 428 Å². The summed E-state index contributed by atoms with van der Waals surface area (Å²) >= 11 is 0. The molecule has 0 saturated heterocycles. The Morgan fingerprint density at radius 3 is 1.02 bits per heavy atom. The second-order valence-electron chi connectivity index (χ2n) is 11.5. The van der Waals surface area contributed by atoms with Crippen LogP contribution in [0.15, 0.2) is 125 Å². The van der Waals surface area contributed by atoms with Gasteiger partial charge in [0.2, 0.25) is 0 Å². The molecule has 0 fully saturated rings. The Kier molecular flexibility index (Phi) is 18.1. The first-order valence-electron chi connectivity index (χ1n) is 14.9. The first kappa shape index (κ1) is 54.0. The van der Waals surface area contributed by atoms with Gasteiger partial charge < -0.3 is 38.6 Å². The summed E-state index contributed by atoms with van der Waals surface area (Å²) in [4.78, 5) is -3.92. The molecule has 0 heterocycles. The van der Waals surface area contributed by atoms with Gasteiger partial charge in [-0.1, -0.05) is 24.3 Å². The molecule has 0 aliphatic heterocycles. The molecule has 0 aromatic heterocycles. The predicted molar refractivity (Wildman–Crippen MR) is 187 cm³/mol. The van der Waals surface area contributed by atoms with Crippen molar-refractivity contribution >= 4 is 84.8 Å². The second kappa shape index (κ2) is 20.2. The van der Waals surface area contributed by atoms with Crippen molar-refractivity contribution in [3.8, 4) is 34.1 Å². The topological polar surface area (TPSA) is 359 Å². The molecule has 0 spiro atoms. The molecule has 20 nitrogen and oxygen atoms in total. The maximum absolute atomic E-state index is 11.8. The first-order valence-corrected chi connectivity index (χ1v) is 20.5. The van der Waals surface area contributed by atoms with Crippen LogP contribution in [0.25, 0.3) is 32.7 Å².